The summed E-state index contributed by atoms with van der Waals surface area (Å²) in [6, 6.07) is 8.70. The molecule has 3 rings (SSSR count). The first-order chi connectivity index (χ1) is 14.2. The van der Waals surface area contributed by atoms with Crippen molar-refractivity contribution in [2.75, 3.05) is 26.2 Å². The Morgan fingerprint density at radius 2 is 2.07 bits per heavy atom. The molecule has 0 saturated carbocycles. The van der Waals surface area contributed by atoms with Gasteiger partial charge in [0, 0.05) is 45.1 Å². The number of ether oxygens (including phenoxy) is 1. The third kappa shape index (κ3) is 6.03. The van der Waals surface area contributed by atoms with Crippen LogP contribution in [0.1, 0.15) is 49.7 Å². The lowest BCUT2D eigenvalue weighted by atomic mass is 9.89. The number of aliphatic imine (C=N–C) groups is 1. The first kappa shape index (κ1) is 21.3. The molecule has 158 valence electrons. The summed E-state index contributed by atoms with van der Waals surface area (Å²) in [6.07, 6.45) is 5.04. The summed E-state index contributed by atoms with van der Waals surface area (Å²) >= 11 is 0. The summed E-state index contributed by atoms with van der Waals surface area (Å²) in [5.74, 6) is 2.26. The predicted octanol–water partition coefficient (Wildman–Crippen LogP) is 2.87. The fraction of sp³-hybridized carbons (Fsp3) is 0.591. The Labute approximate surface area is 174 Å². The lowest BCUT2D eigenvalue weighted by Gasteiger charge is -2.31. The molecular formula is C22H34N6O. The van der Waals surface area contributed by atoms with Gasteiger partial charge >= 0.3 is 0 Å². The van der Waals surface area contributed by atoms with Crippen LogP contribution >= 0.6 is 0 Å². The second kappa shape index (κ2) is 11.0. The van der Waals surface area contributed by atoms with Crippen LogP contribution in [-0.4, -0.2) is 47.0 Å². The van der Waals surface area contributed by atoms with Gasteiger partial charge in [0.2, 0.25) is 0 Å². The molecule has 0 spiro atoms. The van der Waals surface area contributed by atoms with Gasteiger partial charge in [0.05, 0.1) is 6.10 Å². The highest BCUT2D eigenvalue weighted by Crippen LogP contribution is 2.33. The van der Waals surface area contributed by atoms with Crippen LogP contribution in [0.5, 0.6) is 0 Å². The van der Waals surface area contributed by atoms with Crippen LogP contribution in [0.3, 0.4) is 0 Å². The SMILES string of the molecule is CCNC(=NCC1CCCOC1c1ccc(C)cc1)NCCn1cnnc1CC. The maximum Gasteiger partial charge on any atom is 0.191 e. The van der Waals surface area contributed by atoms with Crippen molar-refractivity contribution in [1.82, 2.24) is 25.4 Å². The van der Waals surface area contributed by atoms with Crippen molar-refractivity contribution >= 4 is 5.96 Å². The van der Waals surface area contributed by atoms with Crippen LogP contribution in [0, 0.1) is 12.8 Å². The van der Waals surface area contributed by atoms with E-state index < -0.39 is 0 Å². The van der Waals surface area contributed by atoms with Crippen molar-refractivity contribution in [3.63, 3.8) is 0 Å². The van der Waals surface area contributed by atoms with E-state index in [0.29, 0.717) is 5.92 Å². The zero-order chi connectivity index (χ0) is 20.5. The van der Waals surface area contributed by atoms with Gasteiger partial charge in [-0.3, -0.25) is 4.99 Å². The van der Waals surface area contributed by atoms with Crippen molar-refractivity contribution in [1.29, 1.82) is 0 Å². The molecule has 2 unspecified atom stereocenters. The van der Waals surface area contributed by atoms with Crippen LogP contribution < -0.4 is 10.6 Å². The zero-order valence-corrected chi connectivity index (χ0v) is 17.9. The first-order valence-electron chi connectivity index (χ1n) is 10.8. The van der Waals surface area contributed by atoms with Gasteiger partial charge in [0.25, 0.3) is 0 Å². The van der Waals surface area contributed by atoms with E-state index in [9.17, 15) is 0 Å². The average molecular weight is 399 g/mol. The number of benzene rings is 1. The summed E-state index contributed by atoms with van der Waals surface area (Å²) in [5.41, 5.74) is 2.53. The van der Waals surface area contributed by atoms with Gasteiger partial charge < -0.3 is 19.9 Å². The molecule has 1 aliphatic heterocycles. The quantitative estimate of drug-likeness (QED) is 0.528. The van der Waals surface area contributed by atoms with E-state index >= 15 is 0 Å². The lowest BCUT2D eigenvalue weighted by Crippen LogP contribution is -2.39. The molecule has 2 N–H and O–H groups in total. The number of hydrogen-bond acceptors (Lipinski definition) is 4. The van der Waals surface area contributed by atoms with Crippen molar-refractivity contribution in [2.24, 2.45) is 10.9 Å². The summed E-state index contributed by atoms with van der Waals surface area (Å²) in [4.78, 5) is 4.87. The maximum absolute atomic E-state index is 6.14. The molecule has 29 heavy (non-hydrogen) atoms. The maximum atomic E-state index is 6.14. The molecule has 0 radical (unpaired) electrons. The second-order valence-electron chi connectivity index (χ2n) is 7.54. The largest absolute Gasteiger partial charge is 0.373 e. The van der Waals surface area contributed by atoms with E-state index in [-0.39, 0.29) is 6.10 Å². The topological polar surface area (TPSA) is 76.4 Å². The van der Waals surface area contributed by atoms with Gasteiger partial charge in [-0.25, -0.2) is 0 Å². The standard InChI is InChI=1S/C22H34N6O/c1-4-20-27-26-16-28(20)13-12-24-22(23-5-2)25-15-19-7-6-14-29-21(19)18-10-8-17(3)9-11-18/h8-11,16,19,21H,4-7,12-15H2,1-3H3,(H2,23,24,25). The molecule has 2 atom stereocenters. The fourth-order valence-corrected chi connectivity index (χ4v) is 3.74. The smallest absolute Gasteiger partial charge is 0.191 e. The molecule has 0 amide bonds. The molecule has 1 saturated heterocycles. The molecular weight excluding hydrogens is 364 g/mol. The fourth-order valence-electron chi connectivity index (χ4n) is 3.74. The van der Waals surface area contributed by atoms with Crippen LogP contribution in [0.2, 0.25) is 0 Å². The van der Waals surface area contributed by atoms with Crippen LogP contribution in [0.4, 0.5) is 0 Å². The Balaban J connectivity index is 1.59. The van der Waals surface area contributed by atoms with Gasteiger partial charge in [0.1, 0.15) is 12.2 Å². The first-order valence-corrected chi connectivity index (χ1v) is 10.8. The van der Waals surface area contributed by atoms with Crippen LogP contribution in [-0.2, 0) is 17.7 Å². The predicted molar refractivity (Wildman–Crippen MR) is 116 cm³/mol. The summed E-state index contributed by atoms with van der Waals surface area (Å²) in [6.45, 7) is 10.3. The highest BCUT2D eigenvalue weighted by molar-refractivity contribution is 5.79. The minimum atomic E-state index is 0.125. The minimum Gasteiger partial charge on any atom is -0.373 e. The number of rotatable bonds is 8. The van der Waals surface area contributed by atoms with Gasteiger partial charge in [-0.15, -0.1) is 10.2 Å². The Morgan fingerprint density at radius 1 is 1.24 bits per heavy atom. The van der Waals surface area contributed by atoms with E-state index in [1.54, 1.807) is 6.33 Å². The summed E-state index contributed by atoms with van der Waals surface area (Å²) < 4.78 is 8.22. The molecule has 0 bridgehead atoms. The molecule has 1 aromatic carbocycles. The third-order valence-electron chi connectivity index (χ3n) is 5.34. The second-order valence-corrected chi connectivity index (χ2v) is 7.54. The van der Waals surface area contributed by atoms with Gasteiger partial charge in [-0.1, -0.05) is 36.8 Å². The van der Waals surface area contributed by atoms with Crippen molar-refractivity contribution in [2.45, 2.75) is 52.7 Å². The highest BCUT2D eigenvalue weighted by atomic mass is 16.5. The summed E-state index contributed by atoms with van der Waals surface area (Å²) in [5, 5.41) is 14.9. The highest BCUT2D eigenvalue weighted by Gasteiger charge is 2.27. The zero-order valence-electron chi connectivity index (χ0n) is 17.9. The third-order valence-corrected chi connectivity index (χ3v) is 5.34. The lowest BCUT2D eigenvalue weighted by molar-refractivity contribution is -0.0250. The van der Waals surface area contributed by atoms with Crippen molar-refractivity contribution in [3.05, 3.63) is 47.5 Å². The molecule has 0 aliphatic carbocycles. The molecule has 7 nitrogen and oxygen atoms in total. The van der Waals surface area contributed by atoms with Crippen molar-refractivity contribution in [3.8, 4) is 0 Å². The molecule has 1 aliphatic rings. The van der Waals surface area contributed by atoms with E-state index in [1.165, 1.54) is 11.1 Å². The van der Waals surface area contributed by atoms with E-state index in [0.717, 1.165) is 63.8 Å². The Morgan fingerprint density at radius 3 is 2.83 bits per heavy atom. The number of nitrogens with one attached hydrogen (secondary N) is 2. The molecule has 1 fully saturated rings. The number of guanidine groups is 1. The van der Waals surface area contributed by atoms with Crippen molar-refractivity contribution < 1.29 is 4.74 Å². The summed E-state index contributed by atoms with van der Waals surface area (Å²) in [7, 11) is 0. The molecule has 1 aromatic heterocycles. The molecule has 2 aromatic rings. The van der Waals surface area contributed by atoms with Crippen LogP contribution in [0.25, 0.3) is 0 Å². The number of aryl methyl sites for hydroxylation is 2. The normalized spacial score (nSPS) is 19.9. The Bertz CT molecular complexity index is 770. The number of hydrogen-bond donors (Lipinski definition) is 2. The van der Waals surface area contributed by atoms with Gasteiger partial charge in [-0.2, -0.15) is 0 Å². The monoisotopic (exact) mass is 398 g/mol. The van der Waals surface area contributed by atoms with Gasteiger partial charge in [-0.05, 0) is 32.3 Å². The molecule has 2 heterocycles. The van der Waals surface area contributed by atoms with E-state index in [2.05, 4.69) is 70.4 Å². The van der Waals surface area contributed by atoms with E-state index in [1.807, 2.05) is 0 Å². The Hall–Kier alpha value is -2.41. The van der Waals surface area contributed by atoms with E-state index in [4.69, 9.17) is 9.73 Å². The van der Waals surface area contributed by atoms with Gasteiger partial charge in [0.15, 0.2) is 5.96 Å². The minimum absolute atomic E-state index is 0.125. The molecule has 7 heteroatoms. The number of nitrogens with zero attached hydrogens (tertiary/aromatic N) is 4. The average Bonchev–Trinajstić information content (AvgIpc) is 3.20. The van der Waals surface area contributed by atoms with Crippen LogP contribution in [0.15, 0.2) is 35.6 Å². The number of aromatic nitrogens is 3. The Kier molecular flexibility index (Phi) is 8.04.